The molecule has 0 spiro atoms. The highest BCUT2D eigenvalue weighted by atomic mass is 16.1. The fourth-order valence-electron chi connectivity index (χ4n) is 0.595. The third kappa shape index (κ3) is 6.21. The van der Waals surface area contributed by atoms with E-state index < -0.39 is 11.8 Å². The van der Waals surface area contributed by atoms with Crippen molar-refractivity contribution in [3.05, 3.63) is 0 Å². The molecule has 0 unspecified atom stereocenters. The van der Waals surface area contributed by atoms with Gasteiger partial charge in [0.2, 0.25) is 0 Å². The minimum Gasteiger partial charge on any atom is -0.343 e. The van der Waals surface area contributed by atoms with Crippen LogP contribution in [0.15, 0.2) is 4.99 Å². The summed E-state index contributed by atoms with van der Waals surface area (Å²) in [6.07, 6.45) is 2.95. The van der Waals surface area contributed by atoms with E-state index in [1.54, 1.807) is 0 Å². The van der Waals surface area contributed by atoms with Crippen LogP contribution < -0.4 is 5.32 Å². The Morgan fingerprint density at radius 2 is 1.69 bits per heavy atom. The fraction of sp³-hybridized carbons (Fsp3) is 0.300. The van der Waals surface area contributed by atoms with Gasteiger partial charge in [0.1, 0.15) is 31.1 Å². The summed E-state index contributed by atoms with van der Waals surface area (Å²) >= 11 is 0. The lowest BCUT2D eigenvalue weighted by Crippen LogP contribution is -2.20. The first-order chi connectivity index (χ1) is 7.78. The molecule has 0 heterocycles. The molecule has 0 aromatic carbocycles. The largest absolute Gasteiger partial charge is 0.343 e. The van der Waals surface area contributed by atoms with Gasteiger partial charge in [0, 0.05) is 18.8 Å². The summed E-state index contributed by atoms with van der Waals surface area (Å²) in [5.41, 5.74) is 0. The van der Waals surface area contributed by atoms with Crippen molar-refractivity contribution in [1.82, 2.24) is 5.32 Å². The molecule has 0 saturated heterocycles. The number of hydrogen-bond donors (Lipinski definition) is 1. The zero-order chi connectivity index (χ0) is 12.2. The summed E-state index contributed by atoms with van der Waals surface area (Å²) in [6.45, 7) is 0.0975. The summed E-state index contributed by atoms with van der Waals surface area (Å²) in [5.74, 6) is -1.64. The number of nitrogens with zero attached hydrogens (tertiary/aromatic N) is 1. The number of aliphatic imine (C=N–C) groups is 1. The minimum atomic E-state index is -0.896. The Labute approximate surface area is 92.1 Å². The maximum Gasteiger partial charge on any atom is 0.135 e. The quantitative estimate of drug-likeness (QED) is 0.188. The molecule has 0 bridgehead atoms. The van der Waals surface area contributed by atoms with Gasteiger partial charge in [-0.1, -0.05) is 0 Å². The molecule has 0 fully saturated rings. The van der Waals surface area contributed by atoms with E-state index in [2.05, 4.69) is 22.4 Å². The molecule has 0 aromatic heterocycles. The Morgan fingerprint density at radius 3 is 2.19 bits per heavy atom. The smallest absolute Gasteiger partial charge is 0.135 e. The van der Waals surface area contributed by atoms with Crippen molar-refractivity contribution in [2.45, 2.75) is 0 Å². The molecular weight excluding hydrogens is 212 g/mol. The van der Waals surface area contributed by atoms with Crippen LogP contribution in [0, 0.1) is 23.9 Å². The van der Waals surface area contributed by atoms with E-state index in [0.717, 1.165) is 6.21 Å². The van der Waals surface area contributed by atoms with Gasteiger partial charge in [-0.25, -0.2) is 4.99 Å². The molecule has 0 rings (SSSR count). The lowest BCUT2D eigenvalue weighted by Gasteiger charge is -1.97. The van der Waals surface area contributed by atoms with Gasteiger partial charge in [-0.3, -0.25) is 0 Å². The normalized spacial score (nSPS) is 9.62. The van der Waals surface area contributed by atoms with Crippen LogP contribution in [0.3, 0.4) is 0 Å². The Hall–Kier alpha value is -2.29. The molecule has 16 heavy (non-hydrogen) atoms. The van der Waals surface area contributed by atoms with Crippen molar-refractivity contribution in [2.75, 3.05) is 6.54 Å². The maximum absolute atomic E-state index is 10.2. The first-order valence-electron chi connectivity index (χ1n) is 4.35. The van der Waals surface area contributed by atoms with Crippen molar-refractivity contribution in [3.63, 3.8) is 0 Å². The predicted octanol–water partition coefficient (Wildman–Crippen LogP) is -1.41. The number of rotatable bonds is 7. The van der Waals surface area contributed by atoms with E-state index in [0.29, 0.717) is 25.1 Å². The number of nitrogens with one attached hydrogen (secondary N) is 1. The van der Waals surface area contributed by atoms with Crippen molar-refractivity contribution in [1.29, 1.82) is 0 Å². The molecule has 0 aromatic rings. The molecular formula is C10H10N2O4. The first kappa shape index (κ1) is 13.7. The molecule has 0 radical (unpaired) electrons. The first-order valence-corrected chi connectivity index (χ1v) is 4.35. The monoisotopic (exact) mass is 222 g/mol. The van der Waals surface area contributed by atoms with Gasteiger partial charge in [0.05, 0.1) is 12.0 Å². The summed E-state index contributed by atoms with van der Waals surface area (Å²) in [7, 11) is 0. The average molecular weight is 222 g/mol. The van der Waals surface area contributed by atoms with Crippen LogP contribution in [0.5, 0.6) is 0 Å². The summed E-state index contributed by atoms with van der Waals surface area (Å²) in [4.78, 5) is 44.2. The van der Waals surface area contributed by atoms with Crippen LogP contribution in [-0.4, -0.2) is 37.9 Å². The average Bonchev–Trinajstić information content (AvgIpc) is 2.33. The zero-order valence-electron chi connectivity index (χ0n) is 8.33. The highest BCUT2D eigenvalue weighted by molar-refractivity contribution is 5.97. The fourth-order valence-corrected chi connectivity index (χ4v) is 0.595. The molecule has 0 aliphatic carbocycles. The molecule has 0 atom stereocenters. The number of hydrogen-bond acceptors (Lipinski definition) is 6. The van der Waals surface area contributed by atoms with Crippen molar-refractivity contribution < 1.29 is 19.2 Å². The predicted molar refractivity (Wildman–Crippen MR) is 55.5 cm³/mol. The minimum absolute atomic E-state index is 0.0975. The second kappa shape index (κ2) is 9.27. The van der Waals surface area contributed by atoms with Crippen LogP contribution in [0.2, 0.25) is 0 Å². The van der Waals surface area contributed by atoms with Crippen LogP contribution in [-0.2, 0) is 19.2 Å². The van der Waals surface area contributed by atoms with Crippen LogP contribution in [0.25, 0.3) is 0 Å². The van der Waals surface area contributed by atoms with Crippen molar-refractivity contribution >= 4 is 31.4 Å². The Kier molecular flexibility index (Phi) is 7.95. The molecule has 6 heteroatoms. The standard InChI is InChI=1S/C10H10N2O4/c13-5-9(6-14)3-11-1-2-12-4-10(7-15)8-16/h3,5-10,12H,4H2. The van der Waals surface area contributed by atoms with E-state index >= 15 is 0 Å². The molecule has 0 saturated carbocycles. The van der Waals surface area contributed by atoms with E-state index in [9.17, 15) is 19.2 Å². The lowest BCUT2D eigenvalue weighted by molar-refractivity contribution is -0.119. The topological polar surface area (TPSA) is 92.7 Å². The Bertz CT molecular complexity index is 324. The van der Waals surface area contributed by atoms with Crippen molar-refractivity contribution in [2.24, 2.45) is 16.8 Å². The summed E-state index contributed by atoms with van der Waals surface area (Å²) < 4.78 is 0. The lowest BCUT2D eigenvalue weighted by atomic mass is 10.2. The third-order valence-corrected chi connectivity index (χ3v) is 1.46. The summed E-state index contributed by atoms with van der Waals surface area (Å²) in [6, 6.07) is 4.59. The molecule has 0 amide bonds. The molecule has 84 valence electrons. The van der Waals surface area contributed by atoms with Gasteiger partial charge in [-0.05, 0) is 0 Å². The van der Waals surface area contributed by atoms with Gasteiger partial charge in [-0.2, -0.15) is 0 Å². The van der Waals surface area contributed by atoms with E-state index in [1.807, 2.05) is 0 Å². The molecule has 0 aliphatic heterocycles. The molecule has 1 N–H and O–H groups in total. The van der Waals surface area contributed by atoms with Crippen molar-refractivity contribution in [3.8, 4) is 12.1 Å². The van der Waals surface area contributed by atoms with Gasteiger partial charge in [0.25, 0.3) is 0 Å². The molecule has 6 nitrogen and oxygen atoms in total. The van der Waals surface area contributed by atoms with Gasteiger partial charge >= 0.3 is 0 Å². The Balaban J connectivity index is 3.94. The SMILES string of the molecule is O=CC(C=O)C=NC#CNCC(C=O)C=O. The van der Waals surface area contributed by atoms with Gasteiger partial charge < -0.3 is 24.5 Å². The zero-order valence-corrected chi connectivity index (χ0v) is 8.33. The number of carbonyl (C=O) groups excluding carboxylic acids is 4. The third-order valence-electron chi connectivity index (χ3n) is 1.46. The number of carbonyl (C=O) groups is 4. The summed E-state index contributed by atoms with van der Waals surface area (Å²) in [5, 5.41) is 2.48. The van der Waals surface area contributed by atoms with E-state index in [1.165, 1.54) is 0 Å². The second-order valence-corrected chi connectivity index (χ2v) is 2.68. The van der Waals surface area contributed by atoms with Gasteiger partial charge in [-0.15, -0.1) is 0 Å². The number of aldehydes is 4. The highest BCUT2D eigenvalue weighted by Gasteiger charge is 2.01. The van der Waals surface area contributed by atoms with E-state index in [-0.39, 0.29) is 6.54 Å². The maximum atomic E-state index is 10.2. The van der Waals surface area contributed by atoms with Crippen LogP contribution in [0.1, 0.15) is 0 Å². The second-order valence-electron chi connectivity index (χ2n) is 2.68. The van der Waals surface area contributed by atoms with Crippen LogP contribution in [0.4, 0.5) is 0 Å². The highest BCUT2D eigenvalue weighted by Crippen LogP contribution is 1.81. The Morgan fingerprint density at radius 1 is 1.06 bits per heavy atom. The van der Waals surface area contributed by atoms with E-state index in [4.69, 9.17) is 0 Å². The van der Waals surface area contributed by atoms with Gasteiger partial charge in [0.15, 0.2) is 0 Å². The van der Waals surface area contributed by atoms with Crippen LogP contribution >= 0.6 is 0 Å². The molecule has 0 aliphatic rings.